The SMILES string of the molecule is CCC1(C)CN(C(=O)NCc2scnc2C)CCO1. The number of hydrogen-bond donors (Lipinski definition) is 1. The molecule has 1 aromatic heterocycles. The number of ether oxygens (including phenoxy) is 1. The highest BCUT2D eigenvalue weighted by molar-refractivity contribution is 7.09. The van der Waals surface area contributed by atoms with Crippen LogP contribution in [0.4, 0.5) is 4.79 Å². The van der Waals surface area contributed by atoms with Crippen LogP contribution in [0.5, 0.6) is 0 Å². The van der Waals surface area contributed by atoms with E-state index in [4.69, 9.17) is 4.74 Å². The van der Waals surface area contributed by atoms with Crippen LogP contribution in [0.1, 0.15) is 30.8 Å². The summed E-state index contributed by atoms with van der Waals surface area (Å²) in [6, 6.07) is -0.0178. The van der Waals surface area contributed by atoms with Crippen molar-refractivity contribution in [3.05, 3.63) is 16.1 Å². The topological polar surface area (TPSA) is 54.5 Å². The van der Waals surface area contributed by atoms with Crippen molar-refractivity contribution in [3.63, 3.8) is 0 Å². The van der Waals surface area contributed by atoms with E-state index < -0.39 is 0 Å². The lowest BCUT2D eigenvalue weighted by molar-refractivity contribution is -0.0872. The molecule has 1 aromatic rings. The third-order valence-corrected chi connectivity index (χ3v) is 4.55. The number of hydrogen-bond acceptors (Lipinski definition) is 4. The van der Waals surface area contributed by atoms with Gasteiger partial charge in [0.15, 0.2) is 0 Å². The van der Waals surface area contributed by atoms with E-state index in [1.165, 1.54) is 0 Å². The van der Waals surface area contributed by atoms with Gasteiger partial charge in [0.25, 0.3) is 0 Å². The number of amides is 2. The predicted molar refractivity (Wildman–Crippen MR) is 75.3 cm³/mol. The number of carbonyl (C=O) groups excluding carboxylic acids is 1. The van der Waals surface area contributed by atoms with E-state index in [0.717, 1.165) is 17.0 Å². The van der Waals surface area contributed by atoms with Crippen LogP contribution >= 0.6 is 11.3 Å². The minimum absolute atomic E-state index is 0.0178. The third-order valence-electron chi connectivity index (χ3n) is 3.62. The van der Waals surface area contributed by atoms with E-state index in [0.29, 0.717) is 26.2 Å². The van der Waals surface area contributed by atoms with Gasteiger partial charge in [-0.15, -0.1) is 11.3 Å². The highest BCUT2D eigenvalue weighted by atomic mass is 32.1. The van der Waals surface area contributed by atoms with Crippen molar-refractivity contribution in [1.82, 2.24) is 15.2 Å². The number of aromatic nitrogens is 1. The molecule has 0 bridgehead atoms. The Morgan fingerprint density at radius 3 is 3.11 bits per heavy atom. The number of nitrogens with zero attached hydrogens (tertiary/aromatic N) is 2. The van der Waals surface area contributed by atoms with Crippen LogP contribution in [0.15, 0.2) is 5.51 Å². The molecule has 2 heterocycles. The van der Waals surface area contributed by atoms with Gasteiger partial charge in [-0.2, -0.15) is 0 Å². The zero-order valence-electron chi connectivity index (χ0n) is 11.7. The lowest BCUT2D eigenvalue weighted by Crippen LogP contribution is -2.54. The largest absolute Gasteiger partial charge is 0.372 e. The molecule has 5 nitrogen and oxygen atoms in total. The molecule has 0 saturated carbocycles. The molecule has 0 radical (unpaired) electrons. The summed E-state index contributed by atoms with van der Waals surface area (Å²) in [5.41, 5.74) is 2.58. The van der Waals surface area contributed by atoms with Crippen LogP contribution in [0, 0.1) is 6.92 Å². The molecule has 1 fully saturated rings. The van der Waals surface area contributed by atoms with Gasteiger partial charge in [0.1, 0.15) is 0 Å². The van der Waals surface area contributed by atoms with Crippen molar-refractivity contribution >= 4 is 17.4 Å². The number of nitrogens with one attached hydrogen (secondary N) is 1. The molecular formula is C13H21N3O2S. The second kappa shape index (κ2) is 5.88. The van der Waals surface area contributed by atoms with Crippen LogP contribution in [-0.4, -0.2) is 41.2 Å². The molecule has 1 unspecified atom stereocenters. The van der Waals surface area contributed by atoms with E-state index in [1.54, 1.807) is 16.8 Å². The van der Waals surface area contributed by atoms with Gasteiger partial charge in [0.2, 0.25) is 0 Å². The van der Waals surface area contributed by atoms with Gasteiger partial charge in [-0.05, 0) is 20.3 Å². The van der Waals surface area contributed by atoms with Gasteiger partial charge in [-0.1, -0.05) is 6.92 Å². The van der Waals surface area contributed by atoms with Crippen LogP contribution in [0.2, 0.25) is 0 Å². The van der Waals surface area contributed by atoms with E-state index in [9.17, 15) is 4.79 Å². The Morgan fingerprint density at radius 1 is 1.68 bits per heavy atom. The molecule has 1 N–H and O–H groups in total. The van der Waals surface area contributed by atoms with E-state index >= 15 is 0 Å². The molecule has 1 saturated heterocycles. The summed E-state index contributed by atoms with van der Waals surface area (Å²) in [5, 5.41) is 2.96. The molecular weight excluding hydrogens is 262 g/mol. The zero-order chi connectivity index (χ0) is 13.9. The summed E-state index contributed by atoms with van der Waals surface area (Å²) < 4.78 is 5.73. The smallest absolute Gasteiger partial charge is 0.317 e. The van der Waals surface area contributed by atoms with Crippen LogP contribution in [0.25, 0.3) is 0 Å². The Labute approximate surface area is 118 Å². The van der Waals surface area contributed by atoms with Crippen molar-refractivity contribution < 1.29 is 9.53 Å². The highest BCUT2D eigenvalue weighted by Gasteiger charge is 2.32. The summed E-state index contributed by atoms with van der Waals surface area (Å²) in [5.74, 6) is 0. The Bertz CT molecular complexity index is 449. The van der Waals surface area contributed by atoms with Crippen LogP contribution in [-0.2, 0) is 11.3 Å². The minimum atomic E-state index is -0.212. The lowest BCUT2D eigenvalue weighted by Gasteiger charge is -2.39. The molecule has 0 spiro atoms. The van der Waals surface area contributed by atoms with Crippen molar-refractivity contribution in [2.24, 2.45) is 0 Å². The fourth-order valence-electron chi connectivity index (χ4n) is 2.08. The van der Waals surface area contributed by atoms with Crippen molar-refractivity contribution in [3.8, 4) is 0 Å². The van der Waals surface area contributed by atoms with Gasteiger partial charge in [-0.25, -0.2) is 9.78 Å². The first-order valence-electron chi connectivity index (χ1n) is 6.60. The molecule has 2 amide bonds. The third kappa shape index (κ3) is 3.45. The number of rotatable bonds is 3. The summed E-state index contributed by atoms with van der Waals surface area (Å²) in [7, 11) is 0. The monoisotopic (exact) mass is 283 g/mol. The number of aryl methyl sites for hydroxylation is 1. The van der Waals surface area contributed by atoms with Crippen LogP contribution < -0.4 is 5.32 Å². The fraction of sp³-hybridized carbons (Fsp3) is 0.692. The molecule has 0 aromatic carbocycles. The Morgan fingerprint density at radius 2 is 2.47 bits per heavy atom. The maximum Gasteiger partial charge on any atom is 0.317 e. The van der Waals surface area contributed by atoms with Crippen molar-refractivity contribution in [2.75, 3.05) is 19.7 Å². The average molecular weight is 283 g/mol. The Kier molecular flexibility index (Phi) is 4.42. The predicted octanol–water partition coefficient (Wildman–Crippen LogP) is 2.16. The molecule has 106 valence electrons. The first-order chi connectivity index (χ1) is 9.04. The maximum atomic E-state index is 12.2. The molecule has 1 atom stereocenters. The molecule has 1 aliphatic heterocycles. The van der Waals surface area contributed by atoms with Gasteiger partial charge >= 0.3 is 6.03 Å². The summed E-state index contributed by atoms with van der Waals surface area (Å²) in [6.07, 6.45) is 0.907. The fourth-order valence-corrected chi connectivity index (χ4v) is 2.80. The summed E-state index contributed by atoms with van der Waals surface area (Å²) >= 11 is 1.57. The number of carbonyl (C=O) groups is 1. The first-order valence-corrected chi connectivity index (χ1v) is 7.48. The lowest BCUT2D eigenvalue weighted by atomic mass is 10.0. The van der Waals surface area contributed by atoms with Crippen molar-refractivity contribution in [1.29, 1.82) is 0 Å². The highest BCUT2D eigenvalue weighted by Crippen LogP contribution is 2.21. The van der Waals surface area contributed by atoms with Gasteiger partial charge in [-0.3, -0.25) is 0 Å². The standard InChI is InChI=1S/C13H21N3O2S/c1-4-13(3)8-16(5-6-18-13)12(17)14-7-11-10(2)15-9-19-11/h9H,4-8H2,1-3H3,(H,14,17). The number of thiazole rings is 1. The summed E-state index contributed by atoms with van der Waals surface area (Å²) in [4.78, 5) is 19.3. The summed E-state index contributed by atoms with van der Waals surface area (Å²) in [6.45, 7) is 8.57. The second-order valence-corrected chi connectivity index (χ2v) is 6.03. The zero-order valence-corrected chi connectivity index (χ0v) is 12.5. The van der Waals surface area contributed by atoms with Gasteiger partial charge < -0.3 is 15.0 Å². The molecule has 0 aliphatic carbocycles. The van der Waals surface area contributed by atoms with E-state index in [1.807, 2.05) is 11.8 Å². The van der Waals surface area contributed by atoms with Crippen molar-refractivity contribution in [2.45, 2.75) is 39.3 Å². The average Bonchev–Trinajstić information content (AvgIpc) is 2.81. The molecule has 1 aliphatic rings. The van der Waals surface area contributed by atoms with E-state index in [-0.39, 0.29) is 11.6 Å². The molecule has 19 heavy (non-hydrogen) atoms. The van der Waals surface area contributed by atoms with Gasteiger partial charge in [0, 0.05) is 11.4 Å². The quantitative estimate of drug-likeness (QED) is 0.925. The number of morpholine rings is 1. The molecule has 6 heteroatoms. The Balaban J connectivity index is 1.88. The molecule has 2 rings (SSSR count). The van der Waals surface area contributed by atoms with Gasteiger partial charge in [0.05, 0.1) is 36.5 Å². The first kappa shape index (κ1) is 14.3. The normalized spacial score (nSPS) is 23.4. The second-order valence-electron chi connectivity index (χ2n) is 5.09. The van der Waals surface area contributed by atoms with Crippen LogP contribution in [0.3, 0.4) is 0 Å². The minimum Gasteiger partial charge on any atom is -0.372 e. The van der Waals surface area contributed by atoms with E-state index in [2.05, 4.69) is 24.1 Å². The Hall–Kier alpha value is -1.14. The number of urea groups is 1. The maximum absolute atomic E-state index is 12.2.